The third kappa shape index (κ3) is 2.00. The molecule has 1 aromatic rings. The van der Waals surface area contributed by atoms with E-state index in [-0.39, 0.29) is 0 Å². The Morgan fingerprint density at radius 3 is 2.79 bits per heavy atom. The molecule has 76 valence electrons. The van der Waals surface area contributed by atoms with Gasteiger partial charge in [-0.3, -0.25) is 0 Å². The van der Waals surface area contributed by atoms with Crippen LogP contribution in [0.3, 0.4) is 0 Å². The van der Waals surface area contributed by atoms with Crippen molar-refractivity contribution < 1.29 is 4.74 Å². The van der Waals surface area contributed by atoms with Crippen molar-refractivity contribution in [1.29, 1.82) is 0 Å². The molecule has 0 radical (unpaired) electrons. The summed E-state index contributed by atoms with van der Waals surface area (Å²) in [6.07, 6.45) is 2.58. The Kier molecular flexibility index (Phi) is 2.62. The zero-order valence-electron chi connectivity index (χ0n) is 8.79. The van der Waals surface area contributed by atoms with Crippen molar-refractivity contribution in [3.05, 3.63) is 24.3 Å². The van der Waals surface area contributed by atoms with E-state index in [1.54, 1.807) is 7.11 Å². The molecule has 0 saturated heterocycles. The molecule has 0 aromatic heterocycles. The van der Waals surface area contributed by atoms with Crippen LogP contribution in [0.5, 0.6) is 5.75 Å². The molecule has 1 fully saturated rings. The van der Waals surface area contributed by atoms with Gasteiger partial charge in [0, 0.05) is 17.8 Å². The first-order valence-corrected chi connectivity index (χ1v) is 5.18. The van der Waals surface area contributed by atoms with Gasteiger partial charge in [-0.2, -0.15) is 0 Å². The molecule has 1 N–H and O–H groups in total. The molecule has 2 rings (SSSR count). The predicted octanol–water partition coefficient (Wildman–Crippen LogP) is 2.91. The Hall–Kier alpha value is -1.18. The Balaban J connectivity index is 1.95. The van der Waals surface area contributed by atoms with Crippen LogP contribution in [-0.2, 0) is 0 Å². The Morgan fingerprint density at radius 2 is 2.14 bits per heavy atom. The molecule has 0 bridgehead atoms. The molecule has 1 aromatic carbocycles. The molecule has 1 aliphatic carbocycles. The van der Waals surface area contributed by atoms with Gasteiger partial charge in [0.15, 0.2) is 0 Å². The fourth-order valence-electron chi connectivity index (χ4n) is 1.97. The third-order valence-electron chi connectivity index (χ3n) is 2.81. The summed E-state index contributed by atoms with van der Waals surface area (Å²) < 4.78 is 5.17. The van der Waals surface area contributed by atoms with Crippen molar-refractivity contribution in [2.75, 3.05) is 12.4 Å². The highest BCUT2D eigenvalue weighted by atomic mass is 16.5. The molecule has 0 atom stereocenters. The number of ether oxygens (including phenoxy) is 1. The maximum absolute atomic E-state index is 5.17. The number of anilines is 1. The van der Waals surface area contributed by atoms with Crippen molar-refractivity contribution >= 4 is 5.69 Å². The van der Waals surface area contributed by atoms with Crippen LogP contribution in [-0.4, -0.2) is 13.2 Å². The monoisotopic (exact) mass is 191 g/mol. The molecule has 0 heterocycles. The molecular formula is C12H17NO. The molecule has 1 saturated carbocycles. The van der Waals surface area contributed by atoms with E-state index in [9.17, 15) is 0 Å². The summed E-state index contributed by atoms with van der Waals surface area (Å²) in [4.78, 5) is 0. The minimum absolute atomic E-state index is 0.664. The zero-order chi connectivity index (χ0) is 9.97. The number of hydrogen-bond donors (Lipinski definition) is 1. The SMILES string of the molecule is COc1cccc(NC2CC(C)C2)c1. The summed E-state index contributed by atoms with van der Waals surface area (Å²) in [6, 6.07) is 8.78. The van der Waals surface area contributed by atoms with E-state index in [0.29, 0.717) is 6.04 Å². The first-order valence-electron chi connectivity index (χ1n) is 5.18. The molecule has 0 spiro atoms. The van der Waals surface area contributed by atoms with Gasteiger partial charge < -0.3 is 10.1 Å². The number of nitrogens with one attached hydrogen (secondary N) is 1. The van der Waals surface area contributed by atoms with Gasteiger partial charge in [0.2, 0.25) is 0 Å². The second kappa shape index (κ2) is 3.91. The number of rotatable bonds is 3. The van der Waals surface area contributed by atoms with Crippen LogP contribution in [0.25, 0.3) is 0 Å². The van der Waals surface area contributed by atoms with Crippen LogP contribution in [0.4, 0.5) is 5.69 Å². The van der Waals surface area contributed by atoms with Crippen LogP contribution < -0.4 is 10.1 Å². The van der Waals surface area contributed by atoms with E-state index in [2.05, 4.69) is 18.3 Å². The quantitative estimate of drug-likeness (QED) is 0.793. The van der Waals surface area contributed by atoms with Crippen molar-refractivity contribution in [2.24, 2.45) is 5.92 Å². The lowest BCUT2D eigenvalue weighted by Gasteiger charge is -2.34. The highest BCUT2D eigenvalue weighted by Gasteiger charge is 2.24. The lowest BCUT2D eigenvalue weighted by Crippen LogP contribution is -2.33. The van der Waals surface area contributed by atoms with Crippen LogP contribution >= 0.6 is 0 Å². The molecule has 0 aliphatic heterocycles. The molecular weight excluding hydrogens is 174 g/mol. The van der Waals surface area contributed by atoms with Gasteiger partial charge in [-0.1, -0.05) is 13.0 Å². The van der Waals surface area contributed by atoms with Crippen molar-refractivity contribution in [3.63, 3.8) is 0 Å². The first kappa shape index (κ1) is 9.38. The summed E-state index contributed by atoms with van der Waals surface area (Å²) in [5, 5.41) is 3.50. The van der Waals surface area contributed by atoms with Gasteiger partial charge in [-0.05, 0) is 30.9 Å². The Morgan fingerprint density at radius 1 is 1.36 bits per heavy atom. The Labute approximate surface area is 85.3 Å². The van der Waals surface area contributed by atoms with Crippen molar-refractivity contribution in [2.45, 2.75) is 25.8 Å². The van der Waals surface area contributed by atoms with Crippen molar-refractivity contribution in [1.82, 2.24) is 0 Å². The van der Waals surface area contributed by atoms with Gasteiger partial charge in [0.25, 0.3) is 0 Å². The number of hydrogen-bond acceptors (Lipinski definition) is 2. The zero-order valence-corrected chi connectivity index (χ0v) is 8.79. The highest BCUT2D eigenvalue weighted by Crippen LogP contribution is 2.30. The van der Waals surface area contributed by atoms with Gasteiger partial charge in [0.1, 0.15) is 5.75 Å². The molecule has 14 heavy (non-hydrogen) atoms. The first-order chi connectivity index (χ1) is 6.78. The van der Waals surface area contributed by atoms with E-state index in [0.717, 1.165) is 11.7 Å². The minimum atomic E-state index is 0.664. The summed E-state index contributed by atoms with van der Waals surface area (Å²) in [6.45, 7) is 2.30. The third-order valence-corrected chi connectivity index (χ3v) is 2.81. The van der Waals surface area contributed by atoms with E-state index in [4.69, 9.17) is 4.74 Å². The average Bonchev–Trinajstić information content (AvgIpc) is 2.16. The van der Waals surface area contributed by atoms with Gasteiger partial charge in [0.05, 0.1) is 7.11 Å². The summed E-state index contributed by atoms with van der Waals surface area (Å²) in [5.74, 6) is 1.81. The second-order valence-corrected chi connectivity index (χ2v) is 4.15. The number of methoxy groups -OCH3 is 1. The summed E-state index contributed by atoms with van der Waals surface area (Å²) in [5.41, 5.74) is 1.17. The maximum Gasteiger partial charge on any atom is 0.120 e. The van der Waals surface area contributed by atoms with Crippen LogP contribution in [0.2, 0.25) is 0 Å². The highest BCUT2D eigenvalue weighted by molar-refractivity contribution is 5.49. The Bertz CT molecular complexity index is 305. The fourth-order valence-corrected chi connectivity index (χ4v) is 1.97. The summed E-state index contributed by atoms with van der Waals surface area (Å²) >= 11 is 0. The van der Waals surface area contributed by atoms with Crippen LogP contribution in [0.1, 0.15) is 19.8 Å². The largest absolute Gasteiger partial charge is 0.497 e. The van der Waals surface area contributed by atoms with Gasteiger partial charge >= 0.3 is 0 Å². The van der Waals surface area contributed by atoms with Crippen LogP contribution in [0.15, 0.2) is 24.3 Å². The molecule has 0 unspecified atom stereocenters. The molecule has 2 nitrogen and oxygen atoms in total. The van der Waals surface area contributed by atoms with E-state index < -0.39 is 0 Å². The fraction of sp³-hybridized carbons (Fsp3) is 0.500. The van der Waals surface area contributed by atoms with Gasteiger partial charge in [-0.15, -0.1) is 0 Å². The molecule has 1 aliphatic rings. The van der Waals surface area contributed by atoms with Gasteiger partial charge in [-0.25, -0.2) is 0 Å². The standard InChI is InChI=1S/C12H17NO/c1-9-6-11(7-9)13-10-4-3-5-12(8-10)14-2/h3-5,8-9,11,13H,6-7H2,1-2H3. The lowest BCUT2D eigenvalue weighted by atomic mass is 9.82. The molecule has 0 amide bonds. The smallest absolute Gasteiger partial charge is 0.120 e. The second-order valence-electron chi connectivity index (χ2n) is 4.15. The number of benzene rings is 1. The molecule has 2 heteroatoms. The topological polar surface area (TPSA) is 21.3 Å². The maximum atomic E-state index is 5.17. The normalized spacial score (nSPS) is 25.3. The predicted molar refractivity (Wildman–Crippen MR) is 58.8 cm³/mol. The minimum Gasteiger partial charge on any atom is -0.497 e. The lowest BCUT2D eigenvalue weighted by molar-refractivity contribution is 0.309. The van der Waals surface area contributed by atoms with Crippen molar-refractivity contribution in [3.8, 4) is 5.75 Å². The van der Waals surface area contributed by atoms with Crippen LogP contribution in [0, 0.1) is 5.92 Å². The average molecular weight is 191 g/mol. The van der Waals surface area contributed by atoms with E-state index in [1.165, 1.54) is 18.5 Å². The van der Waals surface area contributed by atoms with E-state index in [1.807, 2.05) is 18.2 Å². The summed E-state index contributed by atoms with van der Waals surface area (Å²) in [7, 11) is 1.70. The van der Waals surface area contributed by atoms with E-state index >= 15 is 0 Å².